The van der Waals surface area contributed by atoms with E-state index in [9.17, 15) is 9.59 Å². The van der Waals surface area contributed by atoms with Gasteiger partial charge in [-0.05, 0) is 55.9 Å². The average molecular weight is 467 g/mol. The van der Waals surface area contributed by atoms with E-state index in [0.29, 0.717) is 16.3 Å². The number of aromatic amines is 1. The lowest BCUT2D eigenvalue weighted by atomic mass is 9.84. The molecule has 8 nitrogen and oxygen atoms in total. The number of rotatable bonds is 4. The quantitative estimate of drug-likeness (QED) is 0.718. The highest BCUT2D eigenvalue weighted by Crippen LogP contribution is 2.53. The van der Waals surface area contributed by atoms with Crippen LogP contribution in [0.1, 0.15) is 58.9 Å². The molecule has 1 aliphatic heterocycles. The SMILES string of the molecule is CNC(=O)c1cnc(N2CCN(C3C=C(c4nc5c(c(=O)[nH]4)CC4(CC5)CC4)CC3)CC2)s1. The van der Waals surface area contributed by atoms with Crippen molar-refractivity contribution in [3.63, 3.8) is 0 Å². The summed E-state index contributed by atoms with van der Waals surface area (Å²) in [7, 11) is 1.64. The van der Waals surface area contributed by atoms with Crippen molar-refractivity contribution in [1.29, 1.82) is 0 Å². The molecule has 4 aliphatic rings. The first kappa shape index (κ1) is 21.0. The first-order valence-electron chi connectivity index (χ1n) is 12.0. The third-order valence-electron chi connectivity index (χ3n) is 7.91. The van der Waals surface area contributed by atoms with E-state index in [1.165, 1.54) is 36.2 Å². The van der Waals surface area contributed by atoms with Crippen LogP contribution in [0.2, 0.25) is 0 Å². The molecular formula is C24H30N6O2S. The molecule has 1 atom stereocenters. The van der Waals surface area contributed by atoms with Crippen LogP contribution in [0.3, 0.4) is 0 Å². The van der Waals surface area contributed by atoms with E-state index in [-0.39, 0.29) is 11.5 Å². The zero-order chi connectivity index (χ0) is 22.6. The van der Waals surface area contributed by atoms with Crippen molar-refractivity contribution in [2.75, 3.05) is 38.1 Å². The summed E-state index contributed by atoms with van der Waals surface area (Å²) in [6.07, 6.45) is 11.6. The molecule has 0 radical (unpaired) electrons. The summed E-state index contributed by atoms with van der Waals surface area (Å²) in [6.45, 7) is 3.71. The second-order valence-electron chi connectivity index (χ2n) is 9.92. The third-order valence-corrected chi connectivity index (χ3v) is 8.96. The summed E-state index contributed by atoms with van der Waals surface area (Å²) >= 11 is 1.45. The number of nitrogens with zero attached hydrogens (tertiary/aromatic N) is 4. The van der Waals surface area contributed by atoms with Gasteiger partial charge in [0.05, 0.1) is 11.9 Å². The van der Waals surface area contributed by atoms with Gasteiger partial charge in [0, 0.05) is 44.8 Å². The molecule has 0 bridgehead atoms. The first-order valence-corrected chi connectivity index (χ1v) is 12.9. The molecule has 9 heteroatoms. The highest BCUT2D eigenvalue weighted by atomic mass is 32.1. The molecule has 3 heterocycles. The molecule has 1 saturated carbocycles. The van der Waals surface area contributed by atoms with Gasteiger partial charge in [0.1, 0.15) is 10.7 Å². The van der Waals surface area contributed by atoms with Crippen molar-refractivity contribution in [3.05, 3.63) is 44.6 Å². The van der Waals surface area contributed by atoms with Crippen LogP contribution >= 0.6 is 11.3 Å². The largest absolute Gasteiger partial charge is 0.354 e. The second-order valence-corrected chi connectivity index (χ2v) is 10.9. The zero-order valence-corrected chi connectivity index (χ0v) is 19.8. The minimum atomic E-state index is -0.0816. The number of piperazine rings is 1. The summed E-state index contributed by atoms with van der Waals surface area (Å²) in [5.41, 5.74) is 3.66. The molecule has 174 valence electrons. The highest BCUT2D eigenvalue weighted by molar-refractivity contribution is 7.17. The number of fused-ring (bicyclic) bond motifs is 1. The number of hydrogen-bond acceptors (Lipinski definition) is 7. The third kappa shape index (κ3) is 3.91. The van der Waals surface area contributed by atoms with Gasteiger partial charge < -0.3 is 15.2 Å². The van der Waals surface area contributed by atoms with E-state index >= 15 is 0 Å². The van der Waals surface area contributed by atoms with E-state index < -0.39 is 0 Å². The Morgan fingerprint density at radius 3 is 2.79 bits per heavy atom. The van der Waals surface area contributed by atoms with Crippen LogP contribution in [-0.4, -0.2) is 65.0 Å². The molecule has 33 heavy (non-hydrogen) atoms. The molecular weight excluding hydrogens is 436 g/mol. The fourth-order valence-electron chi connectivity index (χ4n) is 5.61. The first-order chi connectivity index (χ1) is 16.0. The summed E-state index contributed by atoms with van der Waals surface area (Å²) in [4.78, 5) is 42.5. The summed E-state index contributed by atoms with van der Waals surface area (Å²) in [5.74, 6) is 0.707. The maximum absolute atomic E-state index is 12.8. The van der Waals surface area contributed by atoms with E-state index in [4.69, 9.17) is 4.98 Å². The predicted molar refractivity (Wildman–Crippen MR) is 129 cm³/mol. The Hall–Kier alpha value is -2.52. The average Bonchev–Trinajstić information content (AvgIpc) is 3.23. The highest BCUT2D eigenvalue weighted by Gasteiger charge is 2.45. The van der Waals surface area contributed by atoms with Crippen LogP contribution < -0.4 is 15.8 Å². The Balaban J connectivity index is 1.12. The second kappa shape index (κ2) is 8.06. The van der Waals surface area contributed by atoms with Gasteiger partial charge in [-0.25, -0.2) is 9.97 Å². The molecule has 0 aromatic carbocycles. The van der Waals surface area contributed by atoms with E-state index in [2.05, 4.69) is 31.2 Å². The number of amides is 1. The number of hydrogen-bond donors (Lipinski definition) is 2. The number of carbonyl (C=O) groups excluding carboxylic acids is 1. The fraction of sp³-hybridized carbons (Fsp3) is 0.583. The monoisotopic (exact) mass is 466 g/mol. The number of carbonyl (C=O) groups is 1. The maximum atomic E-state index is 12.8. The number of nitrogens with one attached hydrogen (secondary N) is 2. The topological polar surface area (TPSA) is 94.2 Å². The van der Waals surface area contributed by atoms with E-state index in [1.54, 1.807) is 13.2 Å². The van der Waals surface area contributed by atoms with Crippen molar-refractivity contribution in [3.8, 4) is 0 Å². The lowest BCUT2D eigenvalue weighted by Gasteiger charge is -2.37. The van der Waals surface area contributed by atoms with E-state index in [0.717, 1.165) is 74.1 Å². The molecule has 1 unspecified atom stereocenters. The maximum Gasteiger partial charge on any atom is 0.262 e. The van der Waals surface area contributed by atoms with Crippen LogP contribution in [0.4, 0.5) is 5.13 Å². The van der Waals surface area contributed by atoms with Gasteiger partial charge in [-0.15, -0.1) is 0 Å². The Morgan fingerprint density at radius 2 is 2.03 bits per heavy atom. The molecule has 1 saturated heterocycles. The van der Waals surface area contributed by atoms with Gasteiger partial charge in [0.2, 0.25) is 0 Å². The normalized spacial score (nSPS) is 24.0. The lowest BCUT2D eigenvalue weighted by molar-refractivity contribution is 0.0967. The summed E-state index contributed by atoms with van der Waals surface area (Å²) in [6, 6.07) is 0.385. The Kier molecular flexibility index (Phi) is 5.14. The molecule has 2 aromatic rings. The standard InChI is InChI=1S/C24H30N6O2S/c1-25-22(32)19-14-26-23(33-19)30-10-8-29(9-11-30)16-3-2-15(12-16)20-27-18-4-5-24(6-7-24)13-17(18)21(31)28-20/h12,14,16H,2-11,13H2,1H3,(H,25,32)(H,27,28,31). The Morgan fingerprint density at radius 1 is 1.21 bits per heavy atom. The minimum absolute atomic E-state index is 0.0816. The van der Waals surface area contributed by atoms with Crippen molar-refractivity contribution in [1.82, 2.24) is 25.2 Å². The molecule has 2 fully saturated rings. The number of aromatic nitrogens is 3. The summed E-state index contributed by atoms with van der Waals surface area (Å²) < 4.78 is 0. The lowest BCUT2D eigenvalue weighted by Crippen LogP contribution is -2.49. The molecule has 6 rings (SSSR count). The number of thiazole rings is 1. The Labute approximate surface area is 197 Å². The number of H-pyrrole nitrogens is 1. The number of aryl methyl sites for hydroxylation is 1. The number of anilines is 1. The van der Waals surface area contributed by atoms with Crippen molar-refractivity contribution in [2.24, 2.45) is 5.41 Å². The van der Waals surface area contributed by atoms with Crippen LogP contribution in [-0.2, 0) is 12.8 Å². The molecule has 1 spiro atoms. The molecule has 1 amide bonds. The van der Waals surface area contributed by atoms with Gasteiger partial charge in [-0.1, -0.05) is 17.4 Å². The van der Waals surface area contributed by atoms with Crippen LogP contribution in [0.15, 0.2) is 17.1 Å². The predicted octanol–water partition coefficient (Wildman–Crippen LogP) is 2.22. The Bertz CT molecular complexity index is 1170. The van der Waals surface area contributed by atoms with Gasteiger partial charge in [0.25, 0.3) is 11.5 Å². The van der Waals surface area contributed by atoms with Gasteiger partial charge in [0.15, 0.2) is 5.13 Å². The van der Waals surface area contributed by atoms with Crippen LogP contribution in [0.5, 0.6) is 0 Å². The smallest absolute Gasteiger partial charge is 0.262 e. The molecule has 2 aromatic heterocycles. The van der Waals surface area contributed by atoms with Crippen molar-refractivity contribution >= 4 is 27.9 Å². The van der Waals surface area contributed by atoms with Crippen LogP contribution in [0, 0.1) is 5.41 Å². The van der Waals surface area contributed by atoms with E-state index in [1.807, 2.05) is 0 Å². The van der Waals surface area contributed by atoms with Crippen molar-refractivity contribution < 1.29 is 4.79 Å². The zero-order valence-electron chi connectivity index (χ0n) is 19.0. The van der Waals surface area contributed by atoms with Gasteiger partial charge in [-0.2, -0.15) is 0 Å². The summed E-state index contributed by atoms with van der Waals surface area (Å²) in [5, 5.41) is 3.57. The van der Waals surface area contributed by atoms with Gasteiger partial charge >= 0.3 is 0 Å². The number of allylic oxidation sites excluding steroid dienone is 1. The van der Waals surface area contributed by atoms with Crippen molar-refractivity contribution in [2.45, 2.75) is 51.0 Å². The minimum Gasteiger partial charge on any atom is -0.354 e. The van der Waals surface area contributed by atoms with Crippen LogP contribution in [0.25, 0.3) is 5.57 Å². The molecule has 3 aliphatic carbocycles. The fourth-order valence-corrected chi connectivity index (χ4v) is 6.52. The van der Waals surface area contributed by atoms with Gasteiger partial charge in [-0.3, -0.25) is 14.5 Å². The molecule has 2 N–H and O–H groups in total.